The summed E-state index contributed by atoms with van der Waals surface area (Å²) in [5.41, 5.74) is 1.98. The van der Waals surface area contributed by atoms with Crippen molar-refractivity contribution in [3.63, 3.8) is 0 Å². The van der Waals surface area contributed by atoms with Gasteiger partial charge >= 0.3 is 18.1 Å². The Morgan fingerprint density at radius 2 is 1.67 bits per heavy atom. The minimum Gasteiger partial charge on any atom is -0.481 e. The first-order valence-corrected chi connectivity index (χ1v) is 13.0. The number of carboxylic acid groups (broad SMARTS) is 1. The molecule has 0 fully saturated rings. The number of nitrogens with zero attached hydrogens (tertiary/aromatic N) is 1. The van der Waals surface area contributed by atoms with Gasteiger partial charge in [-0.25, -0.2) is 0 Å². The molecule has 1 atom stereocenters. The molecule has 0 heterocycles. The number of ether oxygens (including phenoxy) is 1. The van der Waals surface area contributed by atoms with Crippen LogP contribution in [0.3, 0.4) is 0 Å². The van der Waals surface area contributed by atoms with Crippen molar-refractivity contribution in [2.24, 2.45) is 0 Å². The molecule has 0 aromatic heterocycles. The highest BCUT2D eigenvalue weighted by Gasteiger charge is 2.34. The van der Waals surface area contributed by atoms with Crippen LogP contribution in [0.25, 0.3) is 0 Å². The summed E-state index contributed by atoms with van der Waals surface area (Å²) in [6.07, 6.45) is -3.03. The number of carbonyl (C=O) groups excluding carboxylic acids is 1. The number of alkyl halides is 3. The fraction of sp³-hybridized carbons (Fsp3) is 0.333. The smallest absolute Gasteiger partial charge is 0.417 e. The summed E-state index contributed by atoms with van der Waals surface area (Å²) in [4.78, 5) is 24.8. The van der Waals surface area contributed by atoms with E-state index >= 15 is 0 Å². The minimum atomic E-state index is -4.57. The van der Waals surface area contributed by atoms with Crippen molar-refractivity contribution in [3.8, 4) is 0 Å². The maximum absolute atomic E-state index is 13.5. The summed E-state index contributed by atoms with van der Waals surface area (Å²) in [5, 5.41) is 8.70. The lowest BCUT2D eigenvalue weighted by Crippen LogP contribution is -2.31. The molecule has 0 spiro atoms. The number of halogens is 4. The van der Waals surface area contributed by atoms with Gasteiger partial charge in [-0.1, -0.05) is 78.3 Å². The third-order valence-corrected chi connectivity index (χ3v) is 6.66. The Kier molecular flexibility index (Phi) is 10.9. The molecule has 208 valence electrons. The van der Waals surface area contributed by atoms with Gasteiger partial charge in [0, 0.05) is 20.0 Å². The maximum Gasteiger partial charge on any atom is 0.417 e. The van der Waals surface area contributed by atoms with Gasteiger partial charge in [0.1, 0.15) is 6.10 Å². The van der Waals surface area contributed by atoms with E-state index < -0.39 is 29.8 Å². The van der Waals surface area contributed by atoms with Crippen LogP contribution in [0.2, 0.25) is 5.02 Å². The van der Waals surface area contributed by atoms with Crippen LogP contribution in [-0.4, -0.2) is 35.0 Å². The van der Waals surface area contributed by atoms with Crippen LogP contribution in [0.1, 0.15) is 53.7 Å². The summed E-state index contributed by atoms with van der Waals surface area (Å²) in [7, 11) is 0. The Balaban J connectivity index is 1.76. The van der Waals surface area contributed by atoms with Crippen LogP contribution in [0, 0.1) is 0 Å². The van der Waals surface area contributed by atoms with E-state index in [1.165, 1.54) is 13.0 Å². The number of rotatable bonds is 13. The SMILES string of the molecule is CC(=O)OC(CN(CCCCc1cccc(CC(=O)O)c1)Cc1cccc(C(F)(F)F)c1Cl)c1ccccc1. The van der Waals surface area contributed by atoms with Crippen LogP contribution in [-0.2, 0) is 39.9 Å². The Morgan fingerprint density at radius 1 is 0.974 bits per heavy atom. The first kappa shape index (κ1) is 30.2. The van der Waals surface area contributed by atoms with E-state index in [4.69, 9.17) is 21.4 Å². The van der Waals surface area contributed by atoms with E-state index in [2.05, 4.69) is 0 Å². The predicted molar refractivity (Wildman–Crippen MR) is 143 cm³/mol. The lowest BCUT2D eigenvalue weighted by Gasteiger charge is -2.28. The molecule has 5 nitrogen and oxygen atoms in total. The number of carboxylic acids is 1. The van der Waals surface area contributed by atoms with Gasteiger partial charge in [0.25, 0.3) is 0 Å². The highest BCUT2D eigenvalue weighted by Crippen LogP contribution is 2.36. The fourth-order valence-corrected chi connectivity index (χ4v) is 4.74. The molecule has 0 amide bonds. The number of unbranched alkanes of at least 4 members (excludes halogenated alkanes) is 1. The average Bonchev–Trinajstić information content (AvgIpc) is 2.86. The summed E-state index contributed by atoms with van der Waals surface area (Å²) < 4.78 is 46.0. The second-order valence-corrected chi connectivity index (χ2v) is 9.75. The largest absolute Gasteiger partial charge is 0.481 e. The molecule has 0 aliphatic heterocycles. The van der Waals surface area contributed by atoms with Crippen molar-refractivity contribution in [3.05, 3.63) is 106 Å². The lowest BCUT2D eigenvalue weighted by atomic mass is 10.0. The Labute approximate surface area is 231 Å². The predicted octanol–water partition coefficient (Wildman–Crippen LogP) is 7.12. The van der Waals surface area contributed by atoms with Gasteiger partial charge in [0.15, 0.2) is 0 Å². The first-order chi connectivity index (χ1) is 18.5. The van der Waals surface area contributed by atoms with Crippen molar-refractivity contribution in [2.45, 2.75) is 51.4 Å². The molecule has 1 unspecified atom stereocenters. The molecule has 3 rings (SSSR count). The molecule has 3 aromatic rings. The van der Waals surface area contributed by atoms with Crippen molar-refractivity contribution < 1.29 is 32.6 Å². The standard InChI is InChI=1S/C30H31ClF3NO4/c1-21(36)39-27(24-12-3-2-4-13-24)20-35(19-25-14-8-15-26(29(25)31)30(32,33)34)16-6-5-9-22-10-7-11-23(17-22)18-28(37)38/h2-4,7-8,10-15,17,27H,5-6,9,16,18-20H2,1H3,(H,37,38). The fourth-order valence-electron chi connectivity index (χ4n) is 4.44. The third-order valence-electron chi connectivity index (χ3n) is 6.22. The van der Waals surface area contributed by atoms with Crippen LogP contribution < -0.4 is 0 Å². The van der Waals surface area contributed by atoms with Gasteiger partial charge in [0.05, 0.1) is 17.0 Å². The summed E-state index contributed by atoms with van der Waals surface area (Å²) >= 11 is 6.19. The summed E-state index contributed by atoms with van der Waals surface area (Å²) in [6.45, 7) is 2.25. The number of aliphatic carboxylic acids is 1. The molecule has 0 aliphatic rings. The molecule has 39 heavy (non-hydrogen) atoms. The summed E-state index contributed by atoms with van der Waals surface area (Å²) in [5.74, 6) is -1.35. The zero-order valence-electron chi connectivity index (χ0n) is 21.6. The zero-order valence-corrected chi connectivity index (χ0v) is 22.3. The van der Waals surface area contributed by atoms with Gasteiger partial charge in [-0.3, -0.25) is 14.5 Å². The topological polar surface area (TPSA) is 66.8 Å². The van der Waals surface area contributed by atoms with Crippen LogP contribution in [0.5, 0.6) is 0 Å². The van der Waals surface area contributed by atoms with Crippen LogP contribution in [0.4, 0.5) is 13.2 Å². The Morgan fingerprint density at radius 3 is 2.33 bits per heavy atom. The second-order valence-electron chi connectivity index (χ2n) is 9.37. The van der Waals surface area contributed by atoms with Crippen molar-refractivity contribution in [1.82, 2.24) is 4.90 Å². The number of benzene rings is 3. The molecule has 1 N–H and O–H groups in total. The lowest BCUT2D eigenvalue weighted by molar-refractivity contribution is -0.148. The summed E-state index contributed by atoms with van der Waals surface area (Å²) in [6, 6.07) is 20.5. The molecule has 0 bridgehead atoms. The molecular formula is C30H31ClF3NO4. The highest BCUT2D eigenvalue weighted by atomic mass is 35.5. The molecule has 9 heteroatoms. The normalized spacial score (nSPS) is 12.4. The van der Waals surface area contributed by atoms with Gasteiger partial charge < -0.3 is 9.84 Å². The Hall–Kier alpha value is -3.36. The number of esters is 1. The third kappa shape index (κ3) is 9.71. The Bertz CT molecular complexity index is 1250. The van der Waals surface area contributed by atoms with Crippen LogP contribution >= 0.6 is 11.6 Å². The van der Waals surface area contributed by atoms with E-state index in [9.17, 15) is 22.8 Å². The highest BCUT2D eigenvalue weighted by molar-refractivity contribution is 6.32. The molecule has 3 aromatic carbocycles. The van der Waals surface area contributed by atoms with E-state index in [-0.39, 0.29) is 24.5 Å². The molecule has 0 saturated heterocycles. The number of hydrogen-bond acceptors (Lipinski definition) is 4. The van der Waals surface area contributed by atoms with E-state index in [0.29, 0.717) is 18.5 Å². The molecule has 0 radical (unpaired) electrons. The van der Waals surface area contributed by atoms with E-state index in [0.717, 1.165) is 35.6 Å². The van der Waals surface area contributed by atoms with Gasteiger partial charge in [0.2, 0.25) is 0 Å². The van der Waals surface area contributed by atoms with Crippen molar-refractivity contribution >= 4 is 23.5 Å². The zero-order chi connectivity index (χ0) is 28.4. The number of carbonyl (C=O) groups is 2. The monoisotopic (exact) mass is 561 g/mol. The van der Waals surface area contributed by atoms with E-state index in [1.54, 1.807) is 12.1 Å². The molecule has 0 saturated carbocycles. The minimum absolute atomic E-state index is 0.0452. The van der Waals surface area contributed by atoms with Gasteiger partial charge in [-0.05, 0) is 54.1 Å². The van der Waals surface area contributed by atoms with Crippen molar-refractivity contribution in [1.29, 1.82) is 0 Å². The quantitative estimate of drug-likeness (QED) is 0.178. The average molecular weight is 562 g/mol. The number of aryl methyl sites for hydroxylation is 1. The van der Waals surface area contributed by atoms with Crippen LogP contribution in [0.15, 0.2) is 72.8 Å². The van der Waals surface area contributed by atoms with E-state index in [1.807, 2.05) is 53.4 Å². The number of hydrogen-bond donors (Lipinski definition) is 1. The van der Waals surface area contributed by atoms with Gasteiger partial charge in [-0.15, -0.1) is 0 Å². The first-order valence-electron chi connectivity index (χ1n) is 12.6. The van der Waals surface area contributed by atoms with Crippen molar-refractivity contribution in [2.75, 3.05) is 13.1 Å². The molecular weight excluding hydrogens is 531 g/mol. The second kappa shape index (κ2) is 14.1. The molecule has 0 aliphatic carbocycles. The maximum atomic E-state index is 13.5. The van der Waals surface area contributed by atoms with Gasteiger partial charge in [-0.2, -0.15) is 13.2 Å².